The monoisotopic (exact) mass is 369 g/mol. The molecular weight excluding hydrogens is 355 g/mol. The van der Waals surface area contributed by atoms with Crippen LogP contribution in [0.5, 0.6) is 0 Å². The third kappa shape index (κ3) is 5.46. The molecule has 0 saturated heterocycles. The summed E-state index contributed by atoms with van der Waals surface area (Å²) in [5.41, 5.74) is -0.561. The number of esters is 1. The first-order valence-electron chi connectivity index (χ1n) is 7.15. The summed E-state index contributed by atoms with van der Waals surface area (Å²) in [5.74, 6) is -1.62. The van der Waals surface area contributed by atoms with Crippen molar-refractivity contribution in [3.63, 3.8) is 0 Å². The van der Waals surface area contributed by atoms with Crippen LogP contribution in [-0.4, -0.2) is 18.0 Å². The molecule has 0 aliphatic carbocycles. The lowest BCUT2D eigenvalue weighted by Gasteiger charge is -2.16. The van der Waals surface area contributed by atoms with E-state index in [-0.39, 0.29) is 0 Å². The van der Waals surface area contributed by atoms with E-state index in [0.717, 1.165) is 23.8 Å². The Kier molecular flexibility index (Phi) is 5.97. The maximum atomic E-state index is 12.9. The van der Waals surface area contributed by atoms with Gasteiger partial charge in [0.25, 0.3) is 5.91 Å². The summed E-state index contributed by atoms with van der Waals surface area (Å²) >= 11 is 1.46. The minimum atomic E-state index is -4.60. The van der Waals surface area contributed by atoms with Crippen molar-refractivity contribution in [1.29, 1.82) is 0 Å². The summed E-state index contributed by atoms with van der Waals surface area (Å²) in [4.78, 5) is 23.6. The highest BCUT2D eigenvalue weighted by molar-refractivity contribution is 7.08. The maximum absolute atomic E-state index is 12.9. The number of alkyl halides is 3. The van der Waals surface area contributed by atoms with Crippen LogP contribution >= 0.6 is 11.3 Å². The topological polar surface area (TPSA) is 55.4 Å². The molecule has 0 radical (unpaired) electrons. The SMILES string of the molecule is C[C@@H](OC(=O)/C=C/c1ccsc1)C(=O)Nc1ccccc1C(F)(F)F. The lowest BCUT2D eigenvalue weighted by Crippen LogP contribution is -2.30. The Labute approximate surface area is 145 Å². The second kappa shape index (κ2) is 7.98. The third-order valence-corrected chi connectivity index (χ3v) is 3.81. The van der Waals surface area contributed by atoms with Crippen LogP contribution in [0.25, 0.3) is 6.08 Å². The summed E-state index contributed by atoms with van der Waals surface area (Å²) < 4.78 is 43.6. The highest BCUT2D eigenvalue weighted by atomic mass is 32.1. The summed E-state index contributed by atoms with van der Waals surface area (Å²) in [6.07, 6.45) is -3.19. The van der Waals surface area contributed by atoms with Crippen molar-refractivity contribution in [2.45, 2.75) is 19.2 Å². The molecule has 0 aliphatic heterocycles. The van der Waals surface area contributed by atoms with Gasteiger partial charge in [-0.2, -0.15) is 24.5 Å². The van der Waals surface area contributed by atoms with Gasteiger partial charge in [0.1, 0.15) is 0 Å². The number of rotatable bonds is 5. The molecule has 0 unspecified atom stereocenters. The van der Waals surface area contributed by atoms with Gasteiger partial charge in [0, 0.05) is 6.08 Å². The second-order valence-electron chi connectivity index (χ2n) is 5.00. The zero-order valence-corrected chi connectivity index (χ0v) is 13.9. The molecule has 1 atom stereocenters. The number of amides is 1. The quantitative estimate of drug-likeness (QED) is 0.630. The van der Waals surface area contributed by atoms with E-state index in [2.05, 4.69) is 5.32 Å². The third-order valence-electron chi connectivity index (χ3n) is 3.11. The lowest BCUT2D eigenvalue weighted by molar-refractivity contribution is -0.148. The van der Waals surface area contributed by atoms with Crippen LogP contribution in [0, 0.1) is 0 Å². The maximum Gasteiger partial charge on any atom is 0.418 e. The molecular formula is C17H14F3NO3S. The first-order valence-corrected chi connectivity index (χ1v) is 8.09. The number of anilines is 1. The van der Waals surface area contributed by atoms with Gasteiger partial charge in [-0.3, -0.25) is 4.79 Å². The molecule has 1 amide bonds. The van der Waals surface area contributed by atoms with Crippen LogP contribution in [0.15, 0.2) is 47.2 Å². The molecule has 0 bridgehead atoms. The molecule has 2 rings (SSSR count). The highest BCUT2D eigenvalue weighted by Crippen LogP contribution is 2.34. The average Bonchev–Trinajstić information content (AvgIpc) is 3.05. The molecule has 0 saturated carbocycles. The number of nitrogens with one attached hydrogen (secondary N) is 1. The van der Waals surface area contributed by atoms with E-state index in [0.29, 0.717) is 0 Å². The van der Waals surface area contributed by atoms with Gasteiger partial charge in [0.2, 0.25) is 0 Å². The summed E-state index contributed by atoms with van der Waals surface area (Å²) in [7, 11) is 0. The molecule has 1 N–H and O–H groups in total. The summed E-state index contributed by atoms with van der Waals surface area (Å²) in [5, 5.41) is 5.78. The zero-order chi connectivity index (χ0) is 18.4. The molecule has 2 aromatic rings. The van der Waals surface area contributed by atoms with Gasteiger partial charge < -0.3 is 10.1 Å². The number of thiophene rings is 1. The molecule has 1 aromatic heterocycles. The van der Waals surface area contributed by atoms with Crippen molar-refractivity contribution >= 4 is 35.0 Å². The van der Waals surface area contributed by atoms with Gasteiger partial charge in [-0.25, -0.2) is 4.79 Å². The van der Waals surface area contributed by atoms with Crippen molar-refractivity contribution in [2.75, 3.05) is 5.32 Å². The minimum Gasteiger partial charge on any atom is -0.449 e. The van der Waals surface area contributed by atoms with E-state index in [9.17, 15) is 22.8 Å². The second-order valence-corrected chi connectivity index (χ2v) is 5.78. The normalized spacial score (nSPS) is 12.8. The largest absolute Gasteiger partial charge is 0.449 e. The molecule has 25 heavy (non-hydrogen) atoms. The van der Waals surface area contributed by atoms with Crippen LogP contribution < -0.4 is 5.32 Å². The number of carbonyl (C=O) groups excluding carboxylic acids is 2. The van der Waals surface area contributed by atoms with Gasteiger partial charge in [-0.05, 0) is 47.5 Å². The van der Waals surface area contributed by atoms with Gasteiger partial charge in [0.15, 0.2) is 6.10 Å². The Morgan fingerprint density at radius 1 is 1.24 bits per heavy atom. The Bertz CT molecular complexity index is 770. The fourth-order valence-corrected chi connectivity index (χ4v) is 2.50. The molecule has 8 heteroatoms. The van der Waals surface area contributed by atoms with Crippen molar-refractivity contribution in [1.82, 2.24) is 0 Å². The lowest BCUT2D eigenvalue weighted by atomic mass is 10.1. The molecule has 1 aromatic carbocycles. The predicted octanol–water partition coefficient (Wildman–Crippen LogP) is 4.35. The fourth-order valence-electron chi connectivity index (χ4n) is 1.87. The number of ether oxygens (including phenoxy) is 1. The number of benzene rings is 1. The number of hydrogen-bond donors (Lipinski definition) is 1. The van der Waals surface area contributed by atoms with E-state index >= 15 is 0 Å². The zero-order valence-electron chi connectivity index (χ0n) is 13.0. The first kappa shape index (κ1) is 18.7. The number of para-hydroxylation sites is 1. The van der Waals surface area contributed by atoms with Crippen LogP contribution in [0.3, 0.4) is 0 Å². The predicted molar refractivity (Wildman–Crippen MR) is 89.0 cm³/mol. The van der Waals surface area contributed by atoms with Gasteiger partial charge >= 0.3 is 12.1 Å². The average molecular weight is 369 g/mol. The van der Waals surface area contributed by atoms with E-state index in [1.54, 1.807) is 6.07 Å². The number of carbonyl (C=O) groups is 2. The van der Waals surface area contributed by atoms with Crippen LogP contribution in [0.2, 0.25) is 0 Å². The minimum absolute atomic E-state index is 0.392. The van der Waals surface area contributed by atoms with Crippen LogP contribution in [0.1, 0.15) is 18.1 Å². The van der Waals surface area contributed by atoms with Crippen molar-refractivity contribution in [3.8, 4) is 0 Å². The Balaban J connectivity index is 1.98. The van der Waals surface area contributed by atoms with Crippen molar-refractivity contribution in [2.24, 2.45) is 0 Å². The molecule has 0 spiro atoms. The fraction of sp³-hybridized carbons (Fsp3) is 0.176. The highest BCUT2D eigenvalue weighted by Gasteiger charge is 2.34. The van der Waals surface area contributed by atoms with Gasteiger partial charge in [-0.1, -0.05) is 12.1 Å². The Hall–Kier alpha value is -2.61. The van der Waals surface area contributed by atoms with Crippen molar-refractivity contribution < 1.29 is 27.5 Å². The van der Waals surface area contributed by atoms with Crippen molar-refractivity contribution in [3.05, 3.63) is 58.3 Å². The molecule has 132 valence electrons. The molecule has 4 nitrogen and oxygen atoms in total. The molecule has 0 fully saturated rings. The Morgan fingerprint density at radius 2 is 1.96 bits per heavy atom. The number of hydrogen-bond acceptors (Lipinski definition) is 4. The number of halogens is 3. The van der Waals surface area contributed by atoms with E-state index in [4.69, 9.17) is 4.74 Å². The van der Waals surface area contributed by atoms with Crippen LogP contribution in [0.4, 0.5) is 18.9 Å². The van der Waals surface area contributed by atoms with E-state index in [1.807, 2.05) is 10.8 Å². The summed E-state index contributed by atoms with van der Waals surface area (Å²) in [6.45, 7) is 1.28. The Morgan fingerprint density at radius 3 is 2.60 bits per heavy atom. The molecule has 0 aliphatic rings. The van der Waals surface area contributed by atoms with Crippen LogP contribution in [-0.2, 0) is 20.5 Å². The van der Waals surface area contributed by atoms with Gasteiger partial charge in [0.05, 0.1) is 11.3 Å². The smallest absolute Gasteiger partial charge is 0.418 e. The molecule has 1 heterocycles. The van der Waals surface area contributed by atoms with Gasteiger partial charge in [-0.15, -0.1) is 0 Å². The van der Waals surface area contributed by atoms with E-state index in [1.165, 1.54) is 36.5 Å². The summed E-state index contributed by atoms with van der Waals surface area (Å²) in [6, 6.07) is 6.36. The first-order chi connectivity index (χ1) is 11.8. The van der Waals surface area contributed by atoms with E-state index < -0.39 is 35.4 Å². The standard InChI is InChI=1S/C17H14F3NO3S/c1-11(24-15(22)7-6-12-8-9-25-10-12)16(23)21-14-5-3-2-4-13(14)17(18,19)20/h2-11H,1H3,(H,21,23)/b7-6+/t11-/m1/s1.